The van der Waals surface area contributed by atoms with Crippen molar-refractivity contribution in [1.29, 1.82) is 0 Å². The van der Waals surface area contributed by atoms with Crippen molar-refractivity contribution in [3.63, 3.8) is 0 Å². The fourth-order valence-corrected chi connectivity index (χ4v) is 3.51. The topological polar surface area (TPSA) is 47.1 Å². The van der Waals surface area contributed by atoms with Crippen molar-refractivity contribution in [3.05, 3.63) is 20.6 Å². The quantitative estimate of drug-likeness (QED) is 0.602. The molecule has 1 aliphatic rings. The summed E-state index contributed by atoms with van der Waals surface area (Å²) >= 11 is 8.88. The van der Waals surface area contributed by atoms with E-state index in [-0.39, 0.29) is 5.60 Å². The summed E-state index contributed by atoms with van der Waals surface area (Å²) in [4.78, 5) is 8.01. The first-order valence-corrected chi connectivity index (χ1v) is 8.75. The molecule has 0 radical (unpaired) electrons. The molecule has 2 rings (SSSR count). The van der Waals surface area contributed by atoms with Crippen LogP contribution in [0.5, 0.6) is 0 Å². The Morgan fingerprint density at radius 1 is 1.29 bits per heavy atom. The number of H-pyrrole nitrogens is 1. The second-order valence-corrected chi connectivity index (χ2v) is 6.64. The minimum atomic E-state index is -0.331. The molecule has 0 amide bonds. The summed E-state index contributed by atoms with van der Waals surface area (Å²) in [5.74, 6) is 0.853. The molecule has 0 aliphatic heterocycles. The molecule has 6 heteroatoms. The van der Waals surface area contributed by atoms with Gasteiger partial charge in [0.05, 0.1) is 16.8 Å². The largest absolute Gasteiger partial charge is 0.378 e. The fourth-order valence-electron chi connectivity index (χ4n) is 2.99. The standard InChI is InChI=1S/C15H23BrN2O2S/c1-3-20-15(8-6-4-5-7-9-15)14-17-11(10-19-2)12(16)13(21)18-14/h3-10H2,1-2H3,(H,17,18,21). The van der Waals surface area contributed by atoms with Gasteiger partial charge in [-0.15, -0.1) is 0 Å². The van der Waals surface area contributed by atoms with Gasteiger partial charge in [-0.25, -0.2) is 4.98 Å². The predicted molar refractivity (Wildman–Crippen MR) is 88.8 cm³/mol. The molecule has 118 valence electrons. The van der Waals surface area contributed by atoms with Gasteiger partial charge >= 0.3 is 0 Å². The number of aromatic amines is 1. The van der Waals surface area contributed by atoms with Crippen LogP contribution in [0.1, 0.15) is 57.0 Å². The number of ether oxygens (including phenoxy) is 2. The van der Waals surface area contributed by atoms with Crippen LogP contribution in [0.25, 0.3) is 0 Å². The zero-order chi connectivity index (χ0) is 15.3. The third-order valence-corrected chi connectivity index (χ3v) is 5.40. The van der Waals surface area contributed by atoms with Gasteiger partial charge in [0.1, 0.15) is 16.1 Å². The molecule has 1 aromatic heterocycles. The van der Waals surface area contributed by atoms with Gasteiger partial charge in [-0.05, 0) is 35.7 Å². The van der Waals surface area contributed by atoms with E-state index in [0.717, 1.165) is 41.7 Å². The van der Waals surface area contributed by atoms with Crippen molar-refractivity contribution in [3.8, 4) is 0 Å². The first-order chi connectivity index (χ1) is 10.1. The zero-order valence-electron chi connectivity index (χ0n) is 12.7. The van der Waals surface area contributed by atoms with Gasteiger partial charge < -0.3 is 14.5 Å². The molecule has 0 bridgehead atoms. The van der Waals surface area contributed by atoms with Gasteiger partial charge in [-0.3, -0.25) is 0 Å². The van der Waals surface area contributed by atoms with E-state index in [1.165, 1.54) is 12.8 Å². The molecule has 0 aromatic carbocycles. The van der Waals surface area contributed by atoms with Crippen molar-refractivity contribution >= 4 is 28.1 Å². The molecule has 1 fully saturated rings. The lowest BCUT2D eigenvalue weighted by Gasteiger charge is -2.32. The lowest BCUT2D eigenvalue weighted by atomic mass is 9.93. The smallest absolute Gasteiger partial charge is 0.144 e. The Kier molecular flexibility index (Phi) is 6.34. The molecule has 21 heavy (non-hydrogen) atoms. The second kappa shape index (κ2) is 7.81. The summed E-state index contributed by atoms with van der Waals surface area (Å²) < 4.78 is 12.8. The summed E-state index contributed by atoms with van der Waals surface area (Å²) in [5, 5.41) is 0. The van der Waals surface area contributed by atoms with E-state index in [9.17, 15) is 0 Å². The maximum atomic E-state index is 6.17. The molecule has 0 atom stereocenters. The number of hydrogen-bond donors (Lipinski definition) is 1. The number of aromatic nitrogens is 2. The van der Waals surface area contributed by atoms with E-state index in [1.807, 2.05) is 6.92 Å². The number of rotatable bonds is 5. The molecule has 0 unspecified atom stereocenters. The normalized spacial score (nSPS) is 18.4. The maximum absolute atomic E-state index is 6.17. The van der Waals surface area contributed by atoms with Crippen molar-refractivity contribution < 1.29 is 9.47 Å². The summed E-state index contributed by atoms with van der Waals surface area (Å²) in [7, 11) is 1.67. The SMILES string of the molecule is CCOC1(c2nc(=S)c(Br)c(COC)[nH]2)CCCCCC1. The highest BCUT2D eigenvalue weighted by molar-refractivity contribution is 9.10. The highest BCUT2D eigenvalue weighted by Gasteiger charge is 2.36. The monoisotopic (exact) mass is 374 g/mol. The lowest BCUT2D eigenvalue weighted by molar-refractivity contribution is -0.0628. The molecule has 4 nitrogen and oxygen atoms in total. The van der Waals surface area contributed by atoms with Crippen molar-refractivity contribution in [2.24, 2.45) is 0 Å². The number of nitrogens with one attached hydrogen (secondary N) is 1. The van der Waals surface area contributed by atoms with Crippen LogP contribution in [0.4, 0.5) is 0 Å². The van der Waals surface area contributed by atoms with Gasteiger partial charge in [0.25, 0.3) is 0 Å². The van der Waals surface area contributed by atoms with Crippen LogP contribution in [0.3, 0.4) is 0 Å². The number of methoxy groups -OCH3 is 1. The molecular weight excluding hydrogens is 352 g/mol. The van der Waals surface area contributed by atoms with Crippen molar-refractivity contribution in [2.75, 3.05) is 13.7 Å². The molecule has 0 saturated heterocycles. The number of hydrogen-bond acceptors (Lipinski definition) is 4. The Morgan fingerprint density at radius 2 is 1.95 bits per heavy atom. The van der Waals surface area contributed by atoms with Crippen LogP contribution in [0, 0.1) is 4.64 Å². The highest BCUT2D eigenvalue weighted by Crippen LogP contribution is 2.38. The predicted octanol–water partition coefficient (Wildman–Crippen LogP) is 4.63. The Bertz CT molecular complexity index is 525. The van der Waals surface area contributed by atoms with Crippen LogP contribution < -0.4 is 0 Å². The highest BCUT2D eigenvalue weighted by atomic mass is 79.9. The molecule has 1 saturated carbocycles. The molecule has 1 aromatic rings. The Labute approximate surface area is 139 Å². The van der Waals surface area contributed by atoms with Crippen LogP contribution in [-0.2, 0) is 21.7 Å². The maximum Gasteiger partial charge on any atom is 0.144 e. The lowest BCUT2D eigenvalue weighted by Crippen LogP contribution is -2.32. The summed E-state index contributed by atoms with van der Waals surface area (Å²) in [6, 6.07) is 0. The summed E-state index contributed by atoms with van der Waals surface area (Å²) in [6.45, 7) is 3.19. The molecule has 1 N–H and O–H groups in total. The average molecular weight is 375 g/mol. The summed E-state index contributed by atoms with van der Waals surface area (Å²) in [5.41, 5.74) is 0.595. The Hall–Kier alpha value is -0.300. The van der Waals surface area contributed by atoms with E-state index in [4.69, 9.17) is 21.7 Å². The third-order valence-electron chi connectivity index (χ3n) is 3.99. The van der Waals surface area contributed by atoms with E-state index < -0.39 is 0 Å². The van der Waals surface area contributed by atoms with E-state index >= 15 is 0 Å². The first-order valence-electron chi connectivity index (χ1n) is 7.55. The van der Waals surface area contributed by atoms with Gasteiger partial charge in [-0.1, -0.05) is 37.9 Å². The minimum absolute atomic E-state index is 0.331. The molecule has 1 heterocycles. The van der Waals surface area contributed by atoms with Crippen molar-refractivity contribution in [1.82, 2.24) is 9.97 Å². The van der Waals surface area contributed by atoms with Gasteiger partial charge in [0, 0.05) is 13.7 Å². The van der Waals surface area contributed by atoms with Gasteiger partial charge in [0.2, 0.25) is 0 Å². The van der Waals surface area contributed by atoms with Crippen LogP contribution in [0.15, 0.2) is 4.47 Å². The van der Waals surface area contributed by atoms with Crippen LogP contribution in [0.2, 0.25) is 0 Å². The third kappa shape index (κ3) is 3.92. The van der Waals surface area contributed by atoms with E-state index in [0.29, 0.717) is 17.9 Å². The van der Waals surface area contributed by atoms with Gasteiger partial charge in [-0.2, -0.15) is 0 Å². The van der Waals surface area contributed by atoms with Gasteiger partial charge in [0.15, 0.2) is 0 Å². The zero-order valence-corrected chi connectivity index (χ0v) is 15.1. The molecule has 0 spiro atoms. The Balaban J connectivity index is 2.46. The fraction of sp³-hybridized carbons (Fsp3) is 0.733. The molecular formula is C15H23BrN2O2S. The Morgan fingerprint density at radius 3 is 2.52 bits per heavy atom. The van der Waals surface area contributed by atoms with E-state index in [1.54, 1.807) is 7.11 Å². The molecule has 1 aliphatic carbocycles. The number of nitrogens with zero attached hydrogens (tertiary/aromatic N) is 1. The van der Waals surface area contributed by atoms with E-state index in [2.05, 4.69) is 25.9 Å². The van der Waals surface area contributed by atoms with Crippen LogP contribution in [-0.4, -0.2) is 23.7 Å². The number of halogens is 1. The minimum Gasteiger partial charge on any atom is -0.378 e. The van der Waals surface area contributed by atoms with Crippen molar-refractivity contribution in [2.45, 2.75) is 57.7 Å². The second-order valence-electron chi connectivity index (χ2n) is 5.46. The van der Waals surface area contributed by atoms with Crippen LogP contribution >= 0.6 is 28.1 Å². The summed E-state index contributed by atoms with van der Waals surface area (Å²) in [6.07, 6.45) is 6.84. The first kappa shape index (κ1) is 17.1. The average Bonchev–Trinajstić information content (AvgIpc) is 2.71.